The van der Waals surface area contributed by atoms with Gasteiger partial charge in [-0.1, -0.05) is 6.07 Å². The lowest BCUT2D eigenvalue weighted by molar-refractivity contribution is -0.143. The number of ether oxygens (including phenoxy) is 1. The van der Waals surface area contributed by atoms with Gasteiger partial charge >= 0.3 is 5.97 Å². The second-order valence-corrected chi connectivity index (χ2v) is 3.31. The summed E-state index contributed by atoms with van der Waals surface area (Å²) in [6.07, 6.45) is 3.57. The van der Waals surface area contributed by atoms with Crippen LogP contribution in [0.1, 0.15) is 18.1 Å². The molecule has 74 valence electrons. The molecule has 4 nitrogen and oxygen atoms in total. The zero-order chi connectivity index (χ0) is 9.97. The third-order valence-electron chi connectivity index (χ3n) is 2.42. The van der Waals surface area contributed by atoms with E-state index in [0.717, 1.165) is 5.56 Å². The number of nitrogens with zero attached hydrogens (tertiary/aromatic N) is 1. The Balaban J connectivity index is 2.22. The normalized spacial score (nSPS) is 26.3. The number of hydrogen-bond acceptors (Lipinski definition) is 3. The Morgan fingerprint density at radius 2 is 2.50 bits per heavy atom. The van der Waals surface area contributed by atoms with Crippen molar-refractivity contribution in [2.75, 3.05) is 6.61 Å². The van der Waals surface area contributed by atoms with Gasteiger partial charge in [0, 0.05) is 19.0 Å². The fourth-order valence-electron chi connectivity index (χ4n) is 1.72. The van der Waals surface area contributed by atoms with Gasteiger partial charge in [0.25, 0.3) is 0 Å². The lowest BCUT2D eigenvalue weighted by Crippen LogP contribution is -2.17. The van der Waals surface area contributed by atoms with Gasteiger partial charge in [0.15, 0.2) is 0 Å². The van der Waals surface area contributed by atoms with Gasteiger partial charge in [0.1, 0.15) is 0 Å². The van der Waals surface area contributed by atoms with Crippen molar-refractivity contribution in [1.82, 2.24) is 4.98 Å². The first-order valence-corrected chi connectivity index (χ1v) is 4.53. The predicted octanol–water partition coefficient (Wildman–Crippen LogP) is 1.24. The average Bonchev–Trinajstić information content (AvgIpc) is 2.67. The minimum Gasteiger partial charge on any atom is -0.481 e. The van der Waals surface area contributed by atoms with Crippen molar-refractivity contribution >= 4 is 5.97 Å². The van der Waals surface area contributed by atoms with Gasteiger partial charge < -0.3 is 9.84 Å². The van der Waals surface area contributed by atoms with Gasteiger partial charge in [-0.15, -0.1) is 0 Å². The van der Waals surface area contributed by atoms with Crippen molar-refractivity contribution in [3.63, 3.8) is 0 Å². The van der Waals surface area contributed by atoms with Gasteiger partial charge in [0.05, 0.1) is 12.0 Å². The Hall–Kier alpha value is -1.42. The smallest absolute Gasteiger partial charge is 0.309 e. The molecule has 1 N–H and O–H groups in total. The van der Waals surface area contributed by atoms with Gasteiger partial charge in [0.2, 0.25) is 0 Å². The van der Waals surface area contributed by atoms with Gasteiger partial charge in [-0.2, -0.15) is 0 Å². The molecule has 0 spiro atoms. The van der Waals surface area contributed by atoms with Crippen LogP contribution in [0.15, 0.2) is 24.5 Å². The van der Waals surface area contributed by atoms with E-state index >= 15 is 0 Å². The summed E-state index contributed by atoms with van der Waals surface area (Å²) in [5.41, 5.74) is 0.845. The Kier molecular flexibility index (Phi) is 2.45. The molecule has 0 bridgehead atoms. The molecule has 0 aromatic carbocycles. The fourth-order valence-corrected chi connectivity index (χ4v) is 1.72. The number of carbonyl (C=O) groups is 1. The number of hydrogen-bond donors (Lipinski definition) is 1. The number of aliphatic carboxylic acids is 1. The summed E-state index contributed by atoms with van der Waals surface area (Å²) in [5, 5.41) is 8.94. The minimum atomic E-state index is -0.795. The van der Waals surface area contributed by atoms with E-state index in [4.69, 9.17) is 9.84 Å². The van der Waals surface area contributed by atoms with Crippen LogP contribution >= 0.6 is 0 Å². The Labute approximate surface area is 81.5 Å². The molecule has 2 atom stereocenters. The first kappa shape index (κ1) is 9.15. The molecule has 2 rings (SSSR count). The maximum absolute atomic E-state index is 10.9. The van der Waals surface area contributed by atoms with Gasteiger partial charge in [-0.3, -0.25) is 9.78 Å². The molecule has 1 fully saturated rings. The number of carboxylic acids is 1. The Bertz CT molecular complexity index is 325. The van der Waals surface area contributed by atoms with Crippen molar-refractivity contribution in [1.29, 1.82) is 0 Å². The molecule has 0 amide bonds. The lowest BCUT2D eigenvalue weighted by Gasteiger charge is -2.14. The predicted molar refractivity (Wildman–Crippen MR) is 48.7 cm³/mol. The average molecular weight is 193 g/mol. The third kappa shape index (κ3) is 1.61. The zero-order valence-corrected chi connectivity index (χ0v) is 7.59. The van der Waals surface area contributed by atoms with E-state index in [1.165, 1.54) is 0 Å². The maximum atomic E-state index is 10.9. The highest BCUT2D eigenvalue weighted by atomic mass is 16.5. The SMILES string of the molecule is O=C(O)[C@@H]1CCO[C@H]1c1cccnc1. The number of rotatable bonds is 2. The quantitative estimate of drug-likeness (QED) is 0.767. The van der Waals surface area contributed by atoms with Crippen LogP contribution in [-0.4, -0.2) is 22.7 Å². The summed E-state index contributed by atoms with van der Waals surface area (Å²) < 4.78 is 5.39. The standard InChI is InChI=1S/C10H11NO3/c12-10(13)8-3-5-14-9(8)7-2-1-4-11-6-7/h1-2,4,6,8-9H,3,5H2,(H,12,13)/t8-,9+/m1/s1. The molecular weight excluding hydrogens is 182 g/mol. The van der Waals surface area contributed by atoms with E-state index in [1.54, 1.807) is 18.5 Å². The summed E-state index contributed by atoms with van der Waals surface area (Å²) >= 11 is 0. The highest BCUT2D eigenvalue weighted by Crippen LogP contribution is 2.33. The van der Waals surface area contributed by atoms with Crippen molar-refractivity contribution in [2.24, 2.45) is 5.92 Å². The van der Waals surface area contributed by atoms with Crippen molar-refractivity contribution < 1.29 is 14.6 Å². The van der Waals surface area contributed by atoms with Crippen LogP contribution < -0.4 is 0 Å². The molecule has 0 unspecified atom stereocenters. The molecule has 1 saturated heterocycles. The largest absolute Gasteiger partial charge is 0.481 e. The zero-order valence-electron chi connectivity index (χ0n) is 7.59. The van der Waals surface area contributed by atoms with Crippen LogP contribution in [0.25, 0.3) is 0 Å². The van der Waals surface area contributed by atoms with Crippen LogP contribution in [0, 0.1) is 5.92 Å². The number of aromatic nitrogens is 1. The molecular formula is C10H11NO3. The summed E-state index contributed by atoms with van der Waals surface area (Å²) in [5.74, 6) is -1.23. The molecule has 0 saturated carbocycles. The second-order valence-electron chi connectivity index (χ2n) is 3.31. The second kappa shape index (κ2) is 3.75. The van der Waals surface area contributed by atoms with Crippen LogP contribution in [0.3, 0.4) is 0 Å². The molecule has 2 heterocycles. The van der Waals surface area contributed by atoms with Crippen LogP contribution in [-0.2, 0) is 9.53 Å². The van der Waals surface area contributed by atoms with Crippen molar-refractivity contribution in [3.8, 4) is 0 Å². The van der Waals surface area contributed by atoms with E-state index < -0.39 is 11.9 Å². The molecule has 1 aliphatic rings. The van der Waals surface area contributed by atoms with Crippen LogP contribution in [0.5, 0.6) is 0 Å². The first-order chi connectivity index (χ1) is 6.79. The van der Waals surface area contributed by atoms with Gasteiger partial charge in [-0.05, 0) is 18.1 Å². The summed E-state index contributed by atoms with van der Waals surface area (Å²) in [7, 11) is 0. The highest BCUT2D eigenvalue weighted by Gasteiger charge is 2.35. The van der Waals surface area contributed by atoms with Crippen LogP contribution in [0.2, 0.25) is 0 Å². The topological polar surface area (TPSA) is 59.4 Å². The molecule has 0 aliphatic carbocycles. The molecule has 1 aliphatic heterocycles. The van der Waals surface area contributed by atoms with E-state index in [-0.39, 0.29) is 6.10 Å². The summed E-state index contributed by atoms with van der Waals surface area (Å²) in [4.78, 5) is 14.8. The van der Waals surface area contributed by atoms with Crippen LogP contribution in [0.4, 0.5) is 0 Å². The van der Waals surface area contributed by atoms with E-state index in [1.807, 2.05) is 6.07 Å². The van der Waals surface area contributed by atoms with E-state index in [2.05, 4.69) is 4.98 Å². The Morgan fingerprint density at radius 3 is 3.14 bits per heavy atom. The molecule has 4 heteroatoms. The highest BCUT2D eigenvalue weighted by molar-refractivity contribution is 5.71. The van der Waals surface area contributed by atoms with Crippen molar-refractivity contribution in [2.45, 2.75) is 12.5 Å². The summed E-state index contributed by atoms with van der Waals surface area (Å²) in [6.45, 7) is 0.510. The monoisotopic (exact) mass is 193 g/mol. The number of carboxylic acid groups (broad SMARTS) is 1. The first-order valence-electron chi connectivity index (χ1n) is 4.53. The van der Waals surface area contributed by atoms with Crippen molar-refractivity contribution in [3.05, 3.63) is 30.1 Å². The molecule has 1 aromatic rings. The van der Waals surface area contributed by atoms with E-state index in [0.29, 0.717) is 13.0 Å². The molecule has 1 aromatic heterocycles. The number of pyridine rings is 1. The third-order valence-corrected chi connectivity index (χ3v) is 2.42. The minimum absolute atomic E-state index is 0.332. The fraction of sp³-hybridized carbons (Fsp3) is 0.400. The molecule has 14 heavy (non-hydrogen) atoms. The van der Waals surface area contributed by atoms with E-state index in [9.17, 15) is 4.79 Å². The lowest BCUT2D eigenvalue weighted by atomic mass is 9.97. The summed E-state index contributed by atoms with van der Waals surface area (Å²) in [6, 6.07) is 3.63. The molecule has 0 radical (unpaired) electrons. The Morgan fingerprint density at radius 1 is 1.64 bits per heavy atom. The van der Waals surface area contributed by atoms with Gasteiger partial charge in [-0.25, -0.2) is 0 Å². The maximum Gasteiger partial charge on any atom is 0.309 e.